The van der Waals surface area contributed by atoms with Crippen LogP contribution >= 0.6 is 11.6 Å². The van der Waals surface area contributed by atoms with Crippen LogP contribution in [-0.2, 0) is 0 Å². The Morgan fingerprint density at radius 2 is 2.11 bits per heavy atom. The summed E-state index contributed by atoms with van der Waals surface area (Å²) in [5, 5.41) is 0. The lowest BCUT2D eigenvalue weighted by Crippen LogP contribution is -2.01. The maximum atomic E-state index is 13.3. The van der Waals surface area contributed by atoms with E-state index in [9.17, 15) is 4.39 Å². The van der Waals surface area contributed by atoms with Crippen LogP contribution in [0, 0.1) is 23.6 Å². The summed E-state index contributed by atoms with van der Waals surface area (Å²) in [7, 11) is 0. The van der Waals surface area contributed by atoms with Crippen LogP contribution in [0.25, 0.3) is 0 Å². The molecular weight excluding hydrogens is 251 g/mol. The standard InChI is InChI=1S/C15H18ClFO/c1-12(2)6-8-18-15-10-13(5-3-4-7-16)9-14(17)11-15/h9-12H,4,6-8H2,1-2H3. The van der Waals surface area contributed by atoms with Gasteiger partial charge < -0.3 is 4.74 Å². The lowest BCUT2D eigenvalue weighted by molar-refractivity contribution is 0.288. The average molecular weight is 269 g/mol. The zero-order chi connectivity index (χ0) is 13.4. The van der Waals surface area contributed by atoms with Gasteiger partial charge in [-0.2, -0.15) is 0 Å². The lowest BCUT2D eigenvalue weighted by Gasteiger charge is -2.08. The maximum absolute atomic E-state index is 13.3. The molecule has 0 N–H and O–H groups in total. The summed E-state index contributed by atoms with van der Waals surface area (Å²) in [4.78, 5) is 0. The minimum Gasteiger partial charge on any atom is -0.493 e. The molecule has 0 radical (unpaired) electrons. The summed E-state index contributed by atoms with van der Waals surface area (Å²) >= 11 is 5.53. The highest BCUT2D eigenvalue weighted by atomic mass is 35.5. The lowest BCUT2D eigenvalue weighted by atomic mass is 10.1. The second-order valence-electron chi connectivity index (χ2n) is 4.45. The van der Waals surface area contributed by atoms with Crippen LogP contribution < -0.4 is 4.74 Å². The first-order valence-electron chi connectivity index (χ1n) is 6.10. The molecule has 1 aromatic carbocycles. The van der Waals surface area contributed by atoms with Crippen molar-refractivity contribution in [3.8, 4) is 17.6 Å². The number of rotatable bonds is 5. The van der Waals surface area contributed by atoms with Crippen LogP contribution in [0.4, 0.5) is 4.39 Å². The van der Waals surface area contributed by atoms with Crippen molar-refractivity contribution in [2.45, 2.75) is 26.7 Å². The summed E-state index contributed by atoms with van der Waals surface area (Å²) in [5.74, 6) is 7.01. The molecule has 0 aliphatic rings. The van der Waals surface area contributed by atoms with Gasteiger partial charge in [0.1, 0.15) is 11.6 Å². The number of halogens is 2. The predicted octanol–water partition coefficient (Wildman–Crippen LogP) is 4.23. The third-order valence-corrected chi connectivity index (χ3v) is 2.48. The van der Waals surface area contributed by atoms with E-state index in [0.717, 1.165) is 6.42 Å². The van der Waals surface area contributed by atoms with Crippen LogP contribution in [0.5, 0.6) is 5.75 Å². The van der Waals surface area contributed by atoms with E-state index in [2.05, 4.69) is 25.7 Å². The third kappa shape index (κ3) is 5.93. The van der Waals surface area contributed by atoms with Crippen LogP contribution in [0.15, 0.2) is 18.2 Å². The van der Waals surface area contributed by atoms with Crippen molar-refractivity contribution in [3.63, 3.8) is 0 Å². The number of alkyl halides is 1. The Morgan fingerprint density at radius 3 is 2.78 bits per heavy atom. The molecule has 0 aliphatic carbocycles. The molecular formula is C15H18ClFO. The number of hydrogen-bond donors (Lipinski definition) is 0. The van der Waals surface area contributed by atoms with E-state index < -0.39 is 0 Å². The largest absolute Gasteiger partial charge is 0.493 e. The molecule has 0 heterocycles. The van der Waals surface area contributed by atoms with E-state index in [1.165, 1.54) is 12.1 Å². The Bertz CT molecular complexity index is 432. The third-order valence-electron chi connectivity index (χ3n) is 2.29. The second kappa shape index (κ2) is 8.00. The first kappa shape index (κ1) is 14.9. The fraction of sp³-hybridized carbons (Fsp3) is 0.467. The summed E-state index contributed by atoms with van der Waals surface area (Å²) in [6, 6.07) is 4.54. The van der Waals surface area contributed by atoms with Gasteiger partial charge in [0.05, 0.1) is 6.61 Å². The van der Waals surface area contributed by atoms with Crippen molar-refractivity contribution in [3.05, 3.63) is 29.6 Å². The molecule has 1 aromatic rings. The topological polar surface area (TPSA) is 9.23 Å². The normalized spacial score (nSPS) is 10.1. The molecule has 0 spiro atoms. The number of ether oxygens (including phenoxy) is 1. The minimum atomic E-state index is -0.327. The Balaban J connectivity index is 2.66. The van der Waals surface area contributed by atoms with Crippen LogP contribution in [0.2, 0.25) is 0 Å². The summed E-state index contributed by atoms with van der Waals surface area (Å²) in [6.45, 7) is 4.84. The van der Waals surface area contributed by atoms with Crippen molar-refractivity contribution in [2.24, 2.45) is 5.92 Å². The van der Waals surface area contributed by atoms with Gasteiger partial charge in [-0.05, 0) is 24.5 Å². The quantitative estimate of drug-likeness (QED) is 0.574. The van der Waals surface area contributed by atoms with Crippen LogP contribution in [0.1, 0.15) is 32.3 Å². The number of benzene rings is 1. The molecule has 0 fully saturated rings. The minimum absolute atomic E-state index is 0.327. The van der Waals surface area contributed by atoms with E-state index in [1.54, 1.807) is 6.07 Å². The monoisotopic (exact) mass is 268 g/mol. The predicted molar refractivity (Wildman–Crippen MR) is 73.6 cm³/mol. The molecule has 1 rings (SSSR count). The molecule has 18 heavy (non-hydrogen) atoms. The molecule has 0 unspecified atom stereocenters. The number of hydrogen-bond acceptors (Lipinski definition) is 1. The molecule has 0 bridgehead atoms. The van der Waals surface area contributed by atoms with Gasteiger partial charge in [-0.1, -0.05) is 25.7 Å². The summed E-state index contributed by atoms with van der Waals surface area (Å²) in [6.07, 6.45) is 1.55. The van der Waals surface area contributed by atoms with Gasteiger partial charge in [-0.15, -0.1) is 11.6 Å². The van der Waals surface area contributed by atoms with Crippen molar-refractivity contribution < 1.29 is 9.13 Å². The molecule has 0 aromatic heterocycles. The van der Waals surface area contributed by atoms with Crippen molar-refractivity contribution in [1.29, 1.82) is 0 Å². The zero-order valence-corrected chi connectivity index (χ0v) is 11.6. The highest BCUT2D eigenvalue weighted by Crippen LogP contribution is 2.16. The molecule has 0 amide bonds. The Morgan fingerprint density at radius 1 is 1.33 bits per heavy atom. The van der Waals surface area contributed by atoms with Gasteiger partial charge in [0.15, 0.2) is 0 Å². The van der Waals surface area contributed by atoms with Gasteiger partial charge in [0.25, 0.3) is 0 Å². The smallest absolute Gasteiger partial charge is 0.128 e. The Kier molecular flexibility index (Phi) is 6.60. The molecule has 0 atom stereocenters. The van der Waals surface area contributed by atoms with Gasteiger partial charge in [0, 0.05) is 23.9 Å². The van der Waals surface area contributed by atoms with Gasteiger partial charge in [-0.25, -0.2) is 4.39 Å². The molecule has 0 saturated heterocycles. The van der Waals surface area contributed by atoms with E-state index in [0.29, 0.717) is 36.1 Å². The molecule has 0 aliphatic heterocycles. The van der Waals surface area contributed by atoms with E-state index in [-0.39, 0.29) is 5.82 Å². The Hall–Kier alpha value is -1.20. The first-order valence-corrected chi connectivity index (χ1v) is 6.63. The average Bonchev–Trinajstić information content (AvgIpc) is 2.28. The molecule has 1 nitrogen and oxygen atoms in total. The van der Waals surface area contributed by atoms with Gasteiger partial charge in [-0.3, -0.25) is 0 Å². The van der Waals surface area contributed by atoms with Crippen molar-refractivity contribution in [1.82, 2.24) is 0 Å². The van der Waals surface area contributed by atoms with Gasteiger partial charge >= 0.3 is 0 Å². The Labute approximate surface area is 113 Å². The van der Waals surface area contributed by atoms with Crippen molar-refractivity contribution in [2.75, 3.05) is 12.5 Å². The van der Waals surface area contributed by atoms with E-state index >= 15 is 0 Å². The van der Waals surface area contributed by atoms with Crippen molar-refractivity contribution >= 4 is 11.6 Å². The van der Waals surface area contributed by atoms with Gasteiger partial charge in [0.2, 0.25) is 0 Å². The van der Waals surface area contributed by atoms with E-state index in [4.69, 9.17) is 16.3 Å². The maximum Gasteiger partial charge on any atom is 0.128 e. The van der Waals surface area contributed by atoms with E-state index in [1.807, 2.05) is 0 Å². The molecule has 0 saturated carbocycles. The molecule has 98 valence electrons. The SMILES string of the molecule is CC(C)CCOc1cc(F)cc(C#CCCCl)c1. The summed E-state index contributed by atoms with van der Waals surface area (Å²) in [5.41, 5.74) is 0.625. The fourth-order valence-corrected chi connectivity index (χ4v) is 1.44. The highest BCUT2D eigenvalue weighted by Gasteiger charge is 2.01. The fourth-order valence-electron chi connectivity index (χ4n) is 1.34. The highest BCUT2D eigenvalue weighted by molar-refractivity contribution is 6.18. The van der Waals surface area contributed by atoms with Crippen LogP contribution in [-0.4, -0.2) is 12.5 Å². The van der Waals surface area contributed by atoms with Crippen LogP contribution in [0.3, 0.4) is 0 Å². The summed E-state index contributed by atoms with van der Waals surface area (Å²) < 4.78 is 18.9. The second-order valence-corrected chi connectivity index (χ2v) is 4.83. The first-order chi connectivity index (χ1) is 8.61. The zero-order valence-electron chi connectivity index (χ0n) is 10.8. The molecule has 3 heteroatoms.